The third kappa shape index (κ3) is 5.70. The molecule has 0 radical (unpaired) electrons. The highest BCUT2D eigenvalue weighted by atomic mass is 32.2. The van der Waals surface area contributed by atoms with E-state index in [1.165, 1.54) is 16.7 Å². The lowest BCUT2D eigenvalue weighted by atomic mass is 9.89. The molecule has 0 saturated heterocycles. The summed E-state index contributed by atoms with van der Waals surface area (Å²) in [7, 11) is 0.259. The number of methoxy groups -OCH3 is 1. The summed E-state index contributed by atoms with van der Waals surface area (Å²) in [6.45, 7) is 13.2. The van der Waals surface area contributed by atoms with E-state index in [9.17, 15) is 4.21 Å². The molecular formula is C33H37NO2S. The Kier molecular flexibility index (Phi) is 8.29. The van der Waals surface area contributed by atoms with Gasteiger partial charge in [0.15, 0.2) is 0 Å². The Hall–Kier alpha value is -3.24. The molecule has 0 fully saturated rings. The van der Waals surface area contributed by atoms with Crippen LogP contribution in [0.1, 0.15) is 81.5 Å². The molecule has 0 aliphatic carbocycles. The standard InChI is InChI=1S/C33H37NO2S/c1-21(2)26-18-30(22(3)4)33(31(19-26)23(5)6)37(35)32-25(13-12-24-10-8-9-11-29(24)32)20-34-27-14-16-28(36-7)17-15-27/h8-23H,1-7H3/t37-/m0/s1. The van der Waals surface area contributed by atoms with Gasteiger partial charge in [-0.25, -0.2) is 4.21 Å². The van der Waals surface area contributed by atoms with Crippen molar-refractivity contribution in [2.24, 2.45) is 4.99 Å². The Balaban J connectivity index is 1.95. The van der Waals surface area contributed by atoms with Crippen LogP contribution >= 0.6 is 0 Å². The van der Waals surface area contributed by atoms with E-state index in [2.05, 4.69) is 71.9 Å². The average molecular weight is 512 g/mol. The number of hydrogen-bond donors (Lipinski definition) is 0. The van der Waals surface area contributed by atoms with E-state index in [1.807, 2.05) is 48.7 Å². The Morgan fingerprint density at radius 2 is 1.38 bits per heavy atom. The molecule has 0 aromatic heterocycles. The predicted molar refractivity (Wildman–Crippen MR) is 158 cm³/mol. The summed E-state index contributed by atoms with van der Waals surface area (Å²) >= 11 is 0. The summed E-state index contributed by atoms with van der Waals surface area (Å²) in [5.74, 6) is 1.70. The number of benzene rings is 4. The molecule has 4 heteroatoms. The van der Waals surface area contributed by atoms with Gasteiger partial charge in [0.25, 0.3) is 0 Å². The predicted octanol–water partition coefficient (Wildman–Crippen LogP) is 9.14. The molecule has 0 spiro atoms. The van der Waals surface area contributed by atoms with E-state index >= 15 is 0 Å². The Morgan fingerprint density at radius 1 is 0.757 bits per heavy atom. The fraction of sp³-hybridized carbons (Fsp3) is 0.303. The molecule has 4 aromatic rings. The molecule has 3 nitrogen and oxygen atoms in total. The van der Waals surface area contributed by atoms with E-state index in [4.69, 9.17) is 9.73 Å². The second-order valence-corrected chi connectivity index (χ2v) is 11.8. The van der Waals surface area contributed by atoms with Gasteiger partial charge in [-0.15, -0.1) is 0 Å². The fourth-order valence-electron chi connectivity index (χ4n) is 4.59. The summed E-state index contributed by atoms with van der Waals surface area (Å²) in [6.07, 6.45) is 1.84. The molecule has 0 amide bonds. The third-order valence-corrected chi connectivity index (χ3v) is 8.45. The van der Waals surface area contributed by atoms with Gasteiger partial charge in [0, 0.05) is 11.8 Å². The van der Waals surface area contributed by atoms with Crippen LogP contribution in [0.5, 0.6) is 5.75 Å². The van der Waals surface area contributed by atoms with E-state index in [0.29, 0.717) is 5.92 Å². The van der Waals surface area contributed by atoms with Gasteiger partial charge in [0.1, 0.15) is 5.75 Å². The number of aliphatic imine (C=N–C) groups is 1. The van der Waals surface area contributed by atoms with E-state index in [1.54, 1.807) is 7.11 Å². The highest BCUT2D eigenvalue weighted by molar-refractivity contribution is 7.85. The van der Waals surface area contributed by atoms with Gasteiger partial charge in [-0.05, 0) is 69.5 Å². The third-order valence-electron chi connectivity index (χ3n) is 6.79. The van der Waals surface area contributed by atoms with Crippen molar-refractivity contribution in [3.63, 3.8) is 0 Å². The van der Waals surface area contributed by atoms with Crippen LogP contribution in [-0.4, -0.2) is 17.5 Å². The summed E-state index contributed by atoms with van der Waals surface area (Å²) in [4.78, 5) is 6.50. The lowest BCUT2D eigenvalue weighted by Crippen LogP contribution is -2.10. The van der Waals surface area contributed by atoms with Gasteiger partial charge in [-0.2, -0.15) is 0 Å². The van der Waals surface area contributed by atoms with Crippen molar-refractivity contribution < 1.29 is 8.95 Å². The Bertz CT molecular complexity index is 1420. The molecule has 0 unspecified atom stereocenters. The van der Waals surface area contributed by atoms with Crippen molar-refractivity contribution in [1.29, 1.82) is 0 Å². The van der Waals surface area contributed by atoms with Gasteiger partial charge in [-0.1, -0.05) is 90.1 Å². The minimum atomic E-state index is -1.39. The van der Waals surface area contributed by atoms with Crippen LogP contribution in [0.15, 0.2) is 87.6 Å². The molecule has 192 valence electrons. The van der Waals surface area contributed by atoms with Gasteiger partial charge < -0.3 is 4.74 Å². The maximum absolute atomic E-state index is 14.7. The normalized spacial score (nSPS) is 12.8. The fourth-order valence-corrected chi connectivity index (χ4v) is 6.53. The van der Waals surface area contributed by atoms with Gasteiger partial charge in [-0.3, -0.25) is 4.99 Å². The first kappa shape index (κ1) is 26.8. The molecule has 0 N–H and O–H groups in total. The maximum Gasteiger partial charge on any atom is 0.119 e. The summed E-state index contributed by atoms with van der Waals surface area (Å²) < 4.78 is 20.0. The molecular weight excluding hydrogens is 474 g/mol. The zero-order valence-electron chi connectivity index (χ0n) is 22.9. The van der Waals surface area contributed by atoms with Crippen molar-refractivity contribution >= 4 is 33.5 Å². The number of nitrogens with zero attached hydrogens (tertiary/aromatic N) is 1. The lowest BCUT2D eigenvalue weighted by molar-refractivity contribution is 0.415. The molecule has 1 atom stereocenters. The molecule has 4 rings (SSSR count). The highest BCUT2D eigenvalue weighted by Crippen LogP contribution is 2.38. The molecule has 4 aromatic carbocycles. The van der Waals surface area contributed by atoms with Crippen LogP contribution < -0.4 is 4.74 Å². The van der Waals surface area contributed by atoms with Crippen LogP contribution in [0.3, 0.4) is 0 Å². The van der Waals surface area contributed by atoms with Crippen LogP contribution in [0.25, 0.3) is 10.8 Å². The number of ether oxygens (including phenoxy) is 1. The zero-order chi connectivity index (χ0) is 26.7. The molecule has 0 bridgehead atoms. The zero-order valence-corrected chi connectivity index (χ0v) is 23.7. The lowest BCUT2D eigenvalue weighted by Gasteiger charge is -2.23. The number of fused-ring (bicyclic) bond motifs is 1. The largest absolute Gasteiger partial charge is 0.497 e. The SMILES string of the molecule is COc1ccc(N=Cc2ccc3ccccc3c2[S@](=O)c2c(C(C)C)cc(C(C)C)cc2C(C)C)cc1. The first-order valence-corrected chi connectivity index (χ1v) is 14.2. The summed E-state index contributed by atoms with van der Waals surface area (Å²) in [5, 5.41) is 2.07. The second kappa shape index (κ2) is 11.4. The van der Waals surface area contributed by atoms with Gasteiger partial charge in [0.2, 0.25) is 0 Å². The monoisotopic (exact) mass is 511 g/mol. The Morgan fingerprint density at radius 3 is 1.95 bits per heavy atom. The topological polar surface area (TPSA) is 38.7 Å². The van der Waals surface area contributed by atoms with Crippen LogP contribution in [-0.2, 0) is 10.8 Å². The average Bonchev–Trinajstić information content (AvgIpc) is 2.90. The van der Waals surface area contributed by atoms with Crippen molar-refractivity contribution in [1.82, 2.24) is 0 Å². The smallest absolute Gasteiger partial charge is 0.119 e. The highest BCUT2D eigenvalue weighted by Gasteiger charge is 2.25. The van der Waals surface area contributed by atoms with E-state index in [-0.39, 0.29) is 11.8 Å². The van der Waals surface area contributed by atoms with Crippen molar-refractivity contribution in [3.8, 4) is 5.75 Å². The molecule has 0 saturated carbocycles. The van der Waals surface area contributed by atoms with Crippen molar-refractivity contribution in [3.05, 3.63) is 95.1 Å². The first-order valence-electron chi connectivity index (χ1n) is 13.0. The number of rotatable bonds is 8. The van der Waals surface area contributed by atoms with Crippen molar-refractivity contribution in [2.75, 3.05) is 7.11 Å². The van der Waals surface area contributed by atoms with Crippen molar-refractivity contribution in [2.45, 2.75) is 69.1 Å². The summed E-state index contributed by atoms with van der Waals surface area (Å²) in [6, 6.07) is 24.5. The van der Waals surface area contributed by atoms with Crippen LogP contribution in [0.4, 0.5) is 5.69 Å². The van der Waals surface area contributed by atoms with Gasteiger partial charge >= 0.3 is 0 Å². The van der Waals surface area contributed by atoms with E-state index < -0.39 is 10.8 Å². The molecule has 0 heterocycles. The van der Waals surface area contributed by atoms with E-state index in [0.717, 1.165) is 37.6 Å². The first-order chi connectivity index (χ1) is 17.7. The van der Waals surface area contributed by atoms with Crippen LogP contribution in [0, 0.1) is 0 Å². The molecule has 37 heavy (non-hydrogen) atoms. The summed E-state index contributed by atoms with van der Waals surface area (Å²) in [5.41, 5.74) is 5.31. The van der Waals surface area contributed by atoms with Gasteiger partial charge in [0.05, 0.1) is 33.4 Å². The van der Waals surface area contributed by atoms with Crippen LogP contribution in [0.2, 0.25) is 0 Å². The maximum atomic E-state index is 14.7. The molecule has 0 aliphatic heterocycles. The molecule has 0 aliphatic rings. The Labute approximate surface area is 224 Å². The minimum absolute atomic E-state index is 0.251. The number of hydrogen-bond acceptors (Lipinski definition) is 3. The quantitative estimate of drug-likeness (QED) is 0.221. The second-order valence-electron chi connectivity index (χ2n) is 10.4. The minimum Gasteiger partial charge on any atom is -0.497 e.